The van der Waals surface area contributed by atoms with Crippen LogP contribution in [0.5, 0.6) is 11.5 Å². The van der Waals surface area contributed by atoms with Gasteiger partial charge in [0.05, 0.1) is 18.7 Å². The first kappa shape index (κ1) is 19.7. The molecule has 0 radical (unpaired) electrons. The van der Waals surface area contributed by atoms with Crippen LogP contribution in [-0.4, -0.2) is 57.1 Å². The van der Waals surface area contributed by atoms with Gasteiger partial charge >= 0.3 is 0 Å². The van der Waals surface area contributed by atoms with Crippen molar-refractivity contribution in [2.45, 2.75) is 6.42 Å². The van der Waals surface area contributed by atoms with Crippen LogP contribution < -0.4 is 19.7 Å². The first-order chi connectivity index (χ1) is 13.5. The van der Waals surface area contributed by atoms with E-state index in [4.69, 9.17) is 9.47 Å². The van der Waals surface area contributed by atoms with Gasteiger partial charge in [-0.15, -0.1) is 0 Å². The first-order valence-electron chi connectivity index (χ1n) is 9.22. The maximum atomic E-state index is 12.3. The number of carbonyl (C=O) groups is 2. The summed E-state index contributed by atoms with van der Waals surface area (Å²) in [4.78, 5) is 28.2. The van der Waals surface area contributed by atoms with Gasteiger partial charge in [0.15, 0.2) is 6.61 Å². The van der Waals surface area contributed by atoms with Crippen LogP contribution >= 0.6 is 0 Å². The van der Waals surface area contributed by atoms with E-state index in [0.29, 0.717) is 23.7 Å². The fourth-order valence-corrected chi connectivity index (χ4v) is 2.83. The number of carbonyl (C=O) groups excluding carboxylic acids is 2. The van der Waals surface area contributed by atoms with Crippen molar-refractivity contribution in [3.8, 4) is 11.5 Å². The van der Waals surface area contributed by atoms with E-state index in [1.54, 1.807) is 23.1 Å². The van der Waals surface area contributed by atoms with Crippen LogP contribution in [0.3, 0.4) is 0 Å². The number of rotatable bonds is 8. The average molecular weight is 383 g/mol. The second-order valence-electron chi connectivity index (χ2n) is 6.78. The molecule has 1 aliphatic rings. The second-order valence-corrected chi connectivity index (χ2v) is 6.78. The summed E-state index contributed by atoms with van der Waals surface area (Å²) in [5.74, 6) is 1.13. The number of anilines is 2. The molecule has 0 aliphatic carbocycles. The van der Waals surface area contributed by atoms with Gasteiger partial charge in [-0.1, -0.05) is 18.2 Å². The molecule has 0 spiro atoms. The summed E-state index contributed by atoms with van der Waals surface area (Å²) in [7, 11) is 3.92. The van der Waals surface area contributed by atoms with Gasteiger partial charge in [-0.05, 0) is 44.4 Å². The number of benzene rings is 2. The van der Waals surface area contributed by atoms with Crippen molar-refractivity contribution >= 4 is 23.2 Å². The quantitative estimate of drug-likeness (QED) is 0.758. The van der Waals surface area contributed by atoms with E-state index in [2.05, 4.69) is 5.32 Å². The van der Waals surface area contributed by atoms with Crippen molar-refractivity contribution in [3.05, 3.63) is 48.5 Å². The van der Waals surface area contributed by atoms with Crippen LogP contribution in [0.15, 0.2) is 48.5 Å². The number of nitrogens with zero attached hydrogens (tertiary/aromatic N) is 2. The third kappa shape index (κ3) is 5.23. The predicted octanol–water partition coefficient (Wildman–Crippen LogP) is 2.38. The Kier molecular flexibility index (Phi) is 6.49. The number of hydrogen-bond donors (Lipinski definition) is 1. The number of ether oxygens (including phenoxy) is 2. The van der Waals surface area contributed by atoms with Crippen LogP contribution in [0.1, 0.15) is 6.42 Å². The fraction of sp³-hybridized carbons (Fsp3) is 0.333. The molecule has 0 aromatic heterocycles. The standard InChI is InChI=1S/C21H25N3O4/c1-23(2)11-12-24-18-14-16(8-9-19(18)28-15-21(24)26)22-20(25)10-13-27-17-6-4-3-5-7-17/h3-9,14H,10-13,15H2,1-2H3,(H,22,25). The third-order valence-corrected chi connectivity index (χ3v) is 4.30. The molecule has 3 rings (SSSR count). The summed E-state index contributed by atoms with van der Waals surface area (Å²) in [6.07, 6.45) is 0.228. The lowest BCUT2D eigenvalue weighted by Crippen LogP contribution is -2.42. The van der Waals surface area contributed by atoms with E-state index in [9.17, 15) is 9.59 Å². The topological polar surface area (TPSA) is 71.1 Å². The first-order valence-corrected chi connectivity index (χ1v) is 9.22. The maximum Gasteiger partial charge on any atom is 0.265 e. The number of nitrogens with one attached hydrogen (secondary N) is 1. The Hall–Kier alpha value is -3.06. The average Bonchev–Trinajstić information content (AvgIpc) is 2.68. The molecule has 0 unspecified atom stereocenters. The van der Waals surface area contributed by atoms with Crippen LogP contribution in [0, 0.1) is 0 Å². The van der Waals surface area contributed by atoms with Gasteiger partial charge in [-0.2, -0.15) is 0 Å². The highest BCUT2D eigenvalue weighted by atomic mass is 16.5. The van der Waals surface area contributed by atoms with Crippen molar-refractivity contribution < 1.29 is 19.1 Å². The van der Waals surface area contributed by atoms with Crippen molar-refractivity contribution in [3.63, 3.8) is 0 Å². The molecule has 7 nitrogen and oxygen atoms in total. The highest BCUT2D eigenvalue weighted by molar-refractivity contribution is 5.99. The SMILES string of the molecule is CN(C)CCN1C(=O)COc2ccc(NC(=O)CCOc3ccccc3)cc21. The molecule has 148 valence electrons. The zero-order valence-electron chi connectivity index (χ0n) is 16.2. The Labute approximate surface area is 164 Å². The van der Waals surface area contributed by atoms with Crippen molar-refractivity contribution in [2.75, 3.05) is 50.6 Å². The monoisotopic (exact) mass is 383 g/mol. The zero-order valence-corrected chi connectivity index (χ0v) is 16.2. The van der Waals surface area contributed by atoms with E-state index in [1.165, 1.54) is 0 Å². The molecule has 7 heteroatoms. The Bertz CT molecular complexity index is 824. The molecule has 1 heterocycles. The van der Waals surface area contributed by atoms with Gasteiger partial charge in [0.25, 0.3) is 5.91 Å². The molecule has 2 aromatic rings. The minimum Gasteiger partial charge on any atom is -0.493 e. The van der Waals surface area contributed by atoms with Gasteiger partial charge < -0.3 is 24.6 Å². The summed E-state index contributed by atoms with van der Waals surface area (Å²) < 4.78 is 11.1. The van der Waals surface area contributed by atoms with Gasteiger partial charge in [0.2, 0.25) is 5.91 Å². The summed E-state index contributed by atoms with van der Waals surface area (Å²) in [5.41, 5.74) is 1.30. The maximum absolute atomic E-state index is 12.3. The van der Waals surface area contributed by atoms with Crippen molar-refractivity contribution in [2.24, 2.45) is 0 Å². The normalized spacial score (nSPS) is 13.1. The second kappa shape index (κ2) is 9.23. The van der Waals surface area contributed by atoms with E-state index in [-0.39, 0.29) is 31.4 Å². The molecule has 2 aromatic carbocycles. The Morgan fingerprint density at radius 2 is 2.00 bits per heavy atom. The summed E-state index contributed by atoms with van der Waals surface area (Å²) in [6, 6.07) is 14.7. The zero-order chi connectivity index (χ0) is 19.9. The van der Waals surface area contributed by atoms with Gasteiger partial charge in [0, 0.05) is 18.8 Å². The lowest BCUT2D eigenvalue weighted by molar-refractivity contribution is -0.121. The largest absolute Gasteiger partial charge is 0.493 e. The highest BCUT2D eigenvalue weighted by Gasteiger charge is 2.25. The molecule has 0 saturated carbocycles. The summed E-state index contributed by atoms with van der Waals surface area (Å²) in [5, 5.41) is 2.86. The smallest absolute Gasteiger partial charge is 0.265 e. The molecule has 0 fully saturated rings. The highest BCUT2D eigenvalue weighted by Crippen LogP contribution is 2.34. The molecular weight excluding hydrogens is 358 g/mol. The number of amides is 2. The molecule has 2 amide bonds. The lowest BCUT2D eigenvalue weighted by Gasteiger charge is -2.30. The number of para-hydroxylation sites is 1. The molecule has 0 saturated heterocycles. The van der Waals surface area contributed by atoms with Crippen molar-refractivity contribution in [1.82, 2.24) is 4.90 Å². The number of fused-ring (bicyclic) bond motifs is 1. The molecule has 0 bridgehead atoms. The van der Waals surface area contributed by atoms with Gasteiger partial charge in [-0.3, -0.25) is 9.59 Å². The minimum atomic E-state index is -0.154. The lowest BCUT2D eigenvalue weighted by atomic mass is 10.2. The summed E-state index contributed by atoms with van der Waals surface area (Å²) >= 11 is 0. The van der Waals surface area contributed by atoms with Crippen LogP contribution in [-0.2, 0) is 9.59 Å². The van der Waals surface area contributed by atoms with Crippen LogP contribution in [0.25, 0.3) is 0 Å². The molecular formula is C21H25N3O4. The van der Waals surface area contributed by atoms with Gasteiger partial charge in [-0.25, -0.2) is 0 Å². The van der Waals surface area contributed by atoms with E-state index >= 15 is 0 Å². The number of likely N-dealkylation sites (N-methyl/N-ethyl adjacent to an activating group) is 1. The summed E-state index contributed by atoms with van der Waals surface area (Å²) in [6.45, 7) is 1.61. The molecule has 28 heavy (non-hydrogen) atoms. The Morgan fingerprint density at radius 3 is 2.75 bits per heavy atom. The van der Waals surface area contributed by atoms with E-state index in [0.717, 1.165) is 12.3 Å². The predicted molar refractivity (Wildman–Crippen MR) is 108 cm³/mol. The van der Waals surface area contributed by atoms with E-state index < -0.39 is 0 Å². The Morgan fingerprint density at radius 1 is 1.21 bits per heavy atom. The van der Waals surface area contributed by atoms with Gasteiger partial charge in [0.1, 0.15) is 11.5 Å². The minimum absolute atomic E-state index is 0.0307. The molecule has 1 aliphatic heterocycles. The fourth-order valence-electron chi connectivity index (χ4n) is 2.83. The number of hydrogen-bond acceptors (Lipinski definition) is 5. The molecule has 1 N–H and O–H groups in total. The molecule has 0 atom stereocenters. The van der Waals surface area contributed by atoms with E-state index in [1.807, 2.05) is 49.3 Å². The third-order valence-electron chi connectivity index (χ3n) is 4.30. The van der Waals surface area contributed by atoms with Crippen LogP contribution in [0.4, 0.5) is 11.4 Å². The Balaban J connectivity index is 1.60. The van der Waals surface area contributed by atoms with Crippen molar-refractivity contribution in [1.29, 1.82) is 0 Å². The van der Waals surface area contributed by atoms with Crippen LogP contribution in [0.2, 0.25) is 0 Å².